The van der Waals surface area contributed by atoms with Crippen LogP contribution in [0.4, 0.5) is 5.69 Å². The Kier molecular flexibility index (Phi) is 3.40. The summed E-state index contributed by atoms with van der Waals surface area (Å²) in [6, 6.07) is 15.0. The fourth-order valence-electron chi connectivity index (χ4n) is 2.49. The predicted molar refractivity (Wildman–Crippen MR) is 80.6 cm³/mol. The van der Waals surface area contributed by atoms with Gasteiger partial charge >= 0.3 is 0 Å². The lowest BCUT2D eigenvalue weighted by Gasteiger charge is -2.17. The van der Waals surface area contributed by atoms with Crippen LogP contribution >= 0.6 is 0 Å². The number of amides is 1. The Morgan fingerprint density at radius 1 is 1.10 bits per heavy atom. The molecule has 1 aliphatic heterocycles. The van der Waals surface area contributed by atoms with Crippen molar-refractivity contribution in [3.8, 4) is 0 Å². The first-order valence-corrected chi connectivity index (χ1v) is 8.06. The van der Waals surface area contributed by atoms with E-state index in [1.54, 1.807) is 30.5 Å². The van der Waals surface area contributed by atoms with E-state index in [4.69, 9.17) is 0 Å². The zero-order valence-corrected chi connectivity index (χ0v) is 12.0. The van der Waals surface area contributed by atoms with E-state index in [9.17, 15) is 9.00 Å². The first-order valence-electron chi connectivity index (χ1n) is 6.50. The standard InChI is InChI=1S/C16H15NO2S/c1-20(19)14-8-6-13(7-9-14)16(18)17-11-10-12-4-2-3-5-15(12)17/h2-9H,10-11H2,1H3. The number of anilines is 1. The van der Waals surface area contributed by atoms with Crippen LogP contribution < -0.4 is 4.90 Å². The topological polar surface area (TPSA) is 37.4 Å². The van der Waals surface area contributed by atoms with Crippen LogP contribution in [0.3, 0.4) is 0 Å². The predicted octanol–water partition coefficient (Wildman–Crippen LogP) is 2.63. The van der Waals surface area contributed by atoms with Crippen LogP contribution in [-0.2, 0) is 17.2 Å². The molecule has 0 saturated heterocycles. The molecule has 2 aromatic rings. The van der Waals surface area contributed by atoms with Crippen LogP contribution in [0, 0.1) is 0 Å². The molecule has 2 aromatic carbocycles. The summed E-state index contributed by atoms with van der Waals surface area (Å²) >= 11 is 0. The fourth-order valence-corrected chi connectivity index (χ4v) is 3.01. The van der Waals surface area contributed by atoms with Crippen molar-refractivity contribution >= 4 is 22.4 Å². The number of hydrogen-bond acceptors (Lipinski definition) is 2. The quantitative estimate of drug-likeness (QED) is 0.850. The molecule has 1 unspecified atom stereocenters. The van der Waals surface area contributed by atoms with Crippen LogP contribution in [0.1, 0.15) is 15.9 Å². The van der Waals surface area contributed by atoms with Crippen molar-refractivity contribution < 1.29 is 9.00 Å². The van der Waals surface area contributed by atoms with E-state index in [0.29, 0.717) is 5.56 Å². The maximum absolute atomic E-state index is 12.5. The van der Waals surface area contributed by atoms with Gasteiger partial charge in [0.25, 0.3) is 5.91 Å². The van der Waals surface area contributed by atoms with Crippen LogP contribution in [0.15, 0.2) is 53.4 Å². The summed E-state index contributed by atoms with van der Waals surface area (Å²) in [7, 11) is -1.01. The molecule has 1 amide bonds. The van der Waals surface area contributed by atoms with Gasteiger partial charge in [0.05, 0.1) is 0 Å². The summed E-state index contributed by atoms with van der Waals surface area (Å²) in [6.45, 7) is 0.722. The van der Waals surface area contributed by atoms with Gasteiger partial charge in [-0.15, -0.1) is 0 Å². The van der Waals surface area contributed by atoms with Gasteiger partial charge in [-0.1, -0.05) is 18.2 Å². The highest BCUT2D eigenvalue weighted by Crippen LogP contribution is 2.28. The van der Waals surface area contributed by atoms with Gasteiger partial charge in [-0.25, -0.2) is 0 Å². The number of nitrogens with zero attached hydrogens (tertiary/aromatic N) is 1. The molecule has 0 spiro atoms. The van der Waals surface area contributed by atoms with Crippen LogP contribution in [0.2, 0.25) is 0 Å². The smallest absolute Gasteiger partial charge is 0.258 e. The minimum absolute atomic E-state index is 0.00313. The molecule has 4 heteroatoms. The summed E-state index contributed by atoms with van der Waals surface area (Å²) in [4.78, 5) is 15.1. The highest BCUT2D eigenvalue weighted by molar-refractivity contribution is 7.84. The van der Waals surface area contributed by atoms with Crippen molar-refractivity contribution in [1.29, 1.82) is 0 Å². The molecule has 0 radical (unpaired) electrons. The van der Waals surface area contributed by atoms with Gasteiger partial charge in [0.2, 0.25) is 0 Å². The lowest BCUT2D eigenvalue weighted by molar-refractivity contribution is 0.0989. The van der Waals surface area contributed by atoms with Gasteiger partial charge in [-0.05, 0) is 42.3 Å². The first kappa shape index (κ1) is 13.1. The van der Waals surface area contributed by atoms with Crippen LogP contribution in [-0.4, -0.2) is 22.9 Å². The molecule has 3 rings (SSSR count). The van der Waals surface area contributed by atoms with E-state index >= 15 is 0 Å². The van der Waals surface area contributed by atoms with Gasteiger partial charge < -0.3 is 4.90 Å². The van der Waals surface area contributed by atoms with E-state index in [1.165, 1.54) is 5.56 Å². The Balaban J connectivity index is 1.89. The molecule has 0 aliphatic carbocycles. The van der Waals surface area contributed by atoms with Crippen molar-refractivity contribution in [2.45, 2.75) is 11.3 Å². The summed E-state index contributed by atoms with van der Waals surface area (Å²) in [6.07, 6.45) is 2.53. The van der Waals surface area contributed by atoms with E-state index in [0.717, 1.165) is 23.5 Å². The highest BCUT2D eigenvalue weighted by atomic mass is 32.2. The minimum Gasteiger partial charge on any atom is -0.308 e. The second-order valence-corrected chi connectivity index (χ2v) is 6.19. The number of carbonyl (C=O) groups excluding carboxylic acids is 1. The lowest BCUT2D eigenvalue weighted by atomic mass is 10.1. The number of fused-ring (bicyclic) bond motifs is 1. The fraction of sp³-hybridized carbons (Fsp3) is 0.188. The van der Waals surface area contributed by atoms with Gasteiger partial charge in [0, 0.05) is 39.7 Å². The van der Waals surface area contributed by atoms with E-state index in [1.807, 2.05) is 23.1 Å². The van der Waals surface area contributed by atoms with Crippen molar-refractivity contribution in [3.63, 3.8) is 0 Å². The van der Waals surface area contributed by atoms with Gasteiger partial charge in [0.1, 0.15) is 0 Å². The third-order valence-corrected chi connectivity index (χ3v) is 4.50. The molecule has 102 valence electrons. The highest BCUT2D eigenvalue weighted by Gasteiger charge is 2.24. The summed E-state index contributed by atoms with van der Waals surface area (Å²) in [5.41, 5.74) is 2.85. The SMILES string of the molecule is CS(=O)c1ccc(C(=O)N2CCc3ccccc32)cc1. The molecule has 0 fully saturated rings. The van der Waals surface area contributed by atoms with Crippen molar-refractivity contribution in [2.75, 3.05) is 17.7 Å². The van der Waals surface area contributed by atoms with Crippen molar-refractivity contribution in [2.24, 2.45) is 0 Å². The van der Waals surface area contributed by atoms with Crippen molar-refractivity contribution in [1.82, 2.24) is 0 Å². The van der Waals surface area contributed by atoms with Gasteiger partial charge in [-0.3, -0.25) is 9.00 Å². The summed E-state index contributed by atoms with van der Waals surface area (Å²) in [5, 5.41) is 0. The average Bonchev–Trinajstić information content (AvgIpc) is 2.90. The number of benzene rings is 2. The lowest BCUT2D eigenvalue weighted by Crippen LogP contribution is -2.28. The molecular weight excluding hydrogens is 270 g/mol. The Hall–Kier alpha value is -1.94. The minimum atomic E-state index is -1.01. The maximum atomic E-state index is 12.5. The molecule has 0 saturated carbocycles. The zero-order valence-electron chi connectivity index (χ0n) is 11.2. The number of rotatable bonds is 2. The average molecular weight is 285 g/mol. The Bertz CT molecular complexity index is 679. The Morgan fingerprint density at radius 2 is 1.80 bits per heavy atom. The molecule has 0 aromatic heterocycles. The molecule has 1 heterocycles. The molecule has 20 heavy (non-hydrogen) atoms. The van der Waals surface area contributed by atoms with Crippen LogP contribution in [0.5, 0.6) is 0 Å². The Morgan fingerprint density at radius 3 is 2.50 bits per heavy atom. The summed E-state index contributed by atoms with van der Waals surface area (Å²) < 4.78 is 11.4. The zero-order chi connectivity index (χ0) is 14.1. The van der Waals surface area contributed by atoms with E-state index < -0.39 is 10.8 Å². The number of hydrogen-bond donors (Lipinski definition) is 0. The number of carbonyl (C=O) groups is 1. The Labute approximate surface area is 120 Å². The van der Waals surface area contributed by atoms with Gasteiger partial charge in [-0.2, -0.15) is 0 Å². The molecule has 0 bridgehead atoms. The normalized spacial score (nSPS) is 14.9. The van der Waals surface area contributed by atoms with E-state index in [-0.39, 0.29) is 5.91 Å². The first-order chi connectivity index (χ1) is 9.66. The van der Waals surface area contributed by atoms with Gasteiger partial charge in [0.15, 0.2) is 0 Å². The monoisotopic (exact) mass is 285 g/mol. The largest absolute Gasteiger partial charge is 0.308 e. The van der Waals surface area contributed by atoms with Crippen LogP contribution in [0.25, 0.3) is 0 Å². The molecule has 1 aliphatic rings. The molecular formula is C16H15NO2S. The molecule has 3 nitrogen and oxygen atoms in total. The molecule has 0 N–H and O–H groups in total. The maximum Gasteiger partial charge on any atom is 0.258 e. The number of para-hydroxylation sites is 1. The van der Waals surface area contributed by atoms with Crippen molar-refractivity contribution in [3.05, 3.63) is 59.7 Å². The van der Waals surface area contributed by atoms with E-state index in [2.05, 4.69) is 6.07 Å². The second-order valence-electron chi connectivity index (χ2n) is 4.81. The second kappa shape index (κ2) is 5.21. The third-order valence-electron chi connectivity index (χ3n) is 3.57. The third kappa shape index (κ3) is 2.27. The molecule has 1 atom stereocenters. The summed E-state index contributed by atoms with van der Waals surface area (Å²) in [5.74, 6) is 0.00313.